The molecule has 0 saturated heterocycles. The van der Waals surface area contributed by atoms with E-state index >= 15 is 0 Å². The van der Waals surface area contributed by atoms with Gasteiger partial charge in [0.15, 0.2) is 0 Å². The fraction of sp³-hybridized carbons (Fsp3) is 0.538. The lowest BCUT2D eigenvalue weighted by Crippen LogP contribution is -2.28. The van der Waals surface area contributed by atoms with Crippen molar-refractivity contribution in [3.8, 4) is 0 Å². The highest BCUT2D eigenvalue weighted by atomic mass is 79.9. The summed E-state index contributed by atoms with van der Waals surface area (Å²) in [5.41, 5.74) is 2.15. The minimum absolute atomic E-state index is 0.168. The van der Waals surface area contributed by atoms with E-state index in [-0.39, 0.29) is 5.82 Å². The molecular formula is C13H19BrFN. The first-order chi connectivity index (χ1) is 7.58. The Kier molecular flexibility index (Phi) is 5.26. The first kappa shape index (κ1) is 13.5. The molecule has 0 saturated carbocycles. The van der Waals surface area contributed by atoms with Crippen molar-refractivity contribution in [2.75, 3.05) is 18.0 Å². The number of alkyl halides is 1. The van der Waals surface area contributed by atoms with Crippen LogP contribution in [-0.2, 0) is 5.33 Å². The third-order valence-corrected chi connectivity index (χ3v) is 3.10. The maximum absolute atomic E-state index is 13.1. The third kappa shape index (κ3) is 3.48. The van der Waals surface area contributed by atoms with Crippen molar-refractivity contribution < 1.29 is 4.39 Å². The van der Waals surface area contributed by atoms with Gasteiger partial charge in [-0.1, -0.05) is 29.8 Å². The lowest BCUT2D eigenvalue weighted by molar-refractivity contribution is 0.612. The average Bonchev–Trinajstić information content (AvgIpc) is 2.25. The largest absolute Gasteiger partial charge is 0.371 e. The molecule has 3 heteroatoms. The van der Waals surface area contributed by atoms with Crippen molar-refractivity contribution in [3.63, 3.8) is 0 Å². The molecule has 0 amide bonds. The Balaban J connectivity index is 2.99. The molecule has 0 aliphatic carbocycles. The van der Waals surface area contributed by atoms with Crippen molar-refractivity contribution in [2.24, 2.45) is 5.92 Å². The summed E-state index contributed by atoms with van der Waals surface area (Å²) in [5.74, 6) is 0.437. The van der Waals surface area contributed by atoms with Crippen LogP contribution >= 0.6 is 15.9 Å². The van der Waals surface area contributed by atoms with Gasteiger partial charge in [-0.3, -0.25) is 0 Å². The highest BCUT2D eigenvalue weighted by Crippen LogP contribution is 2.24. The first-order valence-electron chi connectivity index (χ1n) is 5.67. The summed E-state index contributed by atoms with van der Waals surface area (Å²) in [7, 11) is 0. The summed E-state index contributed by atoms with van der Waals surface area (Å²) >= 11 is 3.41. The Hall–Kier alpha value is -0.570. The van der Waals surface area contributed by atoms with Crippen LogP contribution < -0.4 is 4.90 Å². The predicted octanol–water partition coefficient (Wildman–Crippen LogP) is 4.20. The van der Waals surface area contributed by atoms with Crippen molar-refractivity contribution in [1.29, 1.82) is 0 Å². The van der Waals surface area contributed by atoms with Crippen LogP contribution in [0.15, 0.2) is 18.2 Å². The number of nitrogens with zero attached hydrogens (tertiary/aromatic N) is 1. The molecule has 0 heterocycles. The SMILES string of the molecule is CCN(CC(C)C)c1ccc(F)cc1CBr. The van der Waals surface area contributed by atoms with Gasteiger partial charge in [-0.15, -0.1) is 0 Å². The molecule has 0 N–H and O–H groups in total. The van der Waals surface area contributed by atoms with Gasteiger partial charge in [-0.25, -0.2) is 4.39 Å². The van der Waals surface area contributed by atoms with Gasteiger partial charge in [0.25, 0.3) is 0 Å². The van der Waals surface area contributed by atoms with Crippen LogP contribution in [0.5, 0.6) is 0 Å². The fourth-order valence-electron chi connectivity index (χ4n) is 1.81. The number of anilines is 1. The molecule has 0 bridgehead atoms. The zero-order valence-electron chi connectivity index (χ0n) is 10.1. The maximum atomic E-state index is 13.1. The zero-order valence-corrected chi connectivity index (χ0v) is 11.7. The standard InChI is InChI=1S/C13H19BrFN/c1-4-16(9-10(2)3)13-6-5-12(15)7-11(13)8-14/h5-7,10H,4,8-9H2,1-3H3. The van der Waals surface area contributed by atoms with Crippen LogP contribution in [0.2, 0.25) is 0 Å². The minimum Gasteiger partial charge on any atom is -0.371 e. The second-order valence-electron chi connectivity index (χ2n) is 4.34. The maximum Gasteiger partial charge on any atom is 0.123 e. The summed E-state index contributed by atoms with van der Waals surface area (Å²) in [4.78, 5) is 2.29. The summed E-state index contributed by atoms with van der Waals surface area (Å²) in [6.45, 7) is 8.47. The van der Waals surface area contributed by atoms with Crippen molar-refractivity contribution >= 4 is 21.6 Å². The van der Waals surface area contributed by atoms with Crippen LogP contribution in [0.3, 0.4) is 0 Å². The van der Waals surface area contributed by atoms with Gasteiger partial charge in [-0.2, -0.15) is 0 Å². The minimum atomic E-state index is -0.168. The zero-order chi connectivity index (χ0) is 12.1. The van der Waals surface area contributed by atoms with E-state index in [4.69, 9.17) is 0 Å². The van der Waals surface area contributed by atoms with Crippen LogP contribution in [-0.4, -0.2) is 13.1 Å². The fourth-order valence-corrected chi connectivity index (χ4v) is 2.26. The monoisotopic (exact) mass is 287 g/mol. The Bertz CT molecular complexity index is 339. The van der Waals surface area contributed by atoms with E-state index in [0.29, 0.717) is 11.2 Å². The molecule has 0 spiro atoms. The highest BCUT2D eigenvalue weighted by molar-refractivity contribution is 9.08. The van der Waals surface area contributed by atoms with Crippen LogP contribution in [0.1, 0.15) is 26.3 Å². The summed E-state index contributed by atoms with van der Waals surface area (Å²) in [5, 5.41) is 0.689. The molecule has 0 unspecified atom stereocenters. The predicted molar refractivity (Wildman–Crippen MR) is 71.8 cm³/mol. The Labute approximate surface area is 106 Å². The van der Waals surface area contributed by atoms with E-state index in [9.17, 15) is 4.39 Å². The molecule has 1 rings (SSSR count). The van der Waals surface area contributed by atoms with Crippen molar-refractivity contribution in [2.45, 2.75) is 26.1 Å². The van der Waals surface area contributed by atoms with E-state index in [1.54, 1.807) is 6.07 Å². The Morgan fingerprint density at radius 3 is 2.56 bits per heavy atom. The number of benzene rings is 1. The topological polar surface area (TPSA) is 3.24 Å². The van der Waals surface area contributed by atoms with Gasteiger partial charge in [0.2, 0.25) is 0 Å². The Morgan fingerprint density at radius 2 is 2.06 bits per heavy atom. The molecule has 0 fully saturated rings. The molecule has 1 nitrogen and oxygen atoms in total. The molecular weight excluding hydrogens is 269 g/mol. The second kappa shape index (κ2) is 6.24. The van der Waals surface area contributed by atoms with E-state index < -0.39 is 0 Å². The molecule has 1 aromatic rings. The van der Waals surface area contributed by atoms with Gasteiger partial charge in [0.05, 0.1) is 0 Å². The molecule has 1 aromatic carbocycles. The van der Waals surface area contributed by atoms with Gasteiger partial charge < -0.3 is 4.90 Å². The van der Waals surface area contributed by atoms with Crippen molar-refractivity contribution in [1.82, 2.24) is 0 Å². The Morgan fingerprint density at radius 1 is 1.38 bits per heavy atom. The van der Waals surface area contributed by atoms with Gasteiger partial charge in [-0.05, 0) is 36.6 Å². The van der Waals surface area contributed by atoms with Crippen LogP contribution in [0, 0.1) is 11.7 Å². The number of rotatable bonds is 5. The molecule has 0 radical (unpaired) electrons. The molecule has 90 valence electrons. The number of hydrogen-bond acceptors (Lipinski definition) is 1. The molecule has 0 aliphatic heterocycles. The van der Waals surface area contributed by atoms with Gasteiger partial charge >= 0.3 is 0 Å². The first-order valence-corrected chi connectivity index (χ1v) is 6.80. The molecule has 0 aliphatic rings. The molecule has 0 aromatic heterocycles. The second-order valence-corrected chi connectivity index (χ2v) is 4.90. The molecule has 0 atom stereocenters. The van der Waals surface area contributed by atoms with Gasteiger partial charge in [0.1, 0.15) is 5.82 Å². The smallest absolute Gasteiger partial charge is 0.123 e. The third-order valence-electron chi connectivity index (χ3n) is 2.49. The van der Waals surface area contributed by atoms with E-state index in [0.717, 1.165) is 24.3 Å². The van der Waals surface area contributed by atoms with E-state index in [1.807, 2.05) is 6.07 Å². The normalized spacial score (nSPS) is 10.9. The van der Waals surface area contributed by atoms with Crippen molar-refractivity contribution in [3.05, 3.63) is 29.6 Å². The van der Waals surface area contributed by atoms with E-state index in [2.05, 4.69) is 41.6 Å². The average molecular weight is 288 g/mol. The van der Waals surface area contributed by atoms with Crippen LogP contribution in [0.25, 0.3) is 0 Å². The number of halogens is 2. The van der Waals surface area contributed by atoms with E-state index in [1.165, 1.54) is 6.07 Å². The lowest BCUT2D eigenvalue weighted by Gasteiger charge is -2.27. The highest BCUT2D eigenvalue weighted by Gasteiger charge is 2.11. The summed E-state index contributed by atoms with van der Waals surface area (Å²) in [6, 6.07) is 5.01. The lowest BCUT2D eigenvalue weighted by atomic mass is 10.1. The van der Waals surface area contributed by atoms with Crippen LogP contribution in [0.4, 0.5) is 10.1 Å². The number of hydrogen-bond donors (Lipinski definition) is 0. The quantitative estimate of drug-likeness (QED) is 0.734. The van der Waals surface area contributed by atoms with Gasteiger partial charge in [0, 0.05) is 24.1 Å². The molecule has 16 heavy (non-hydrogen) atoms. The summed E-state index contributed by atoms with van der Waals surface area (Å²) in [6.07, 6.45) is 0. The summed E-state index contributed by atoms with van der Waals surface area (Å²) < 4.78 is 13.1.